The van der Waals surface area contributed by atoms with Gasteiger partial charge in [0.2, 0.25) is 0 Å². The van der Waals surface area contributed by atoms with E-state index in [4.69, 9.17) is 4.74 Å². The lowest BCUT2D eigenvalue weighted by molar-refractivity contribution is 0.0631. The summed E-state index contributed by atoms with van der Waals surface area (Å²) in [5, 5.41) is 0. The van der Waals surface area contributed by atoms with Crippen LogP contribution in [0.1, 0.15) is 25.8 Å². The Morgan fingerprint density at radius 2 is 1.94 bits per heavy atom. The monoisotopic (exact) mass is 318 g/mol. The molecular weight excluding hydrogens is 300 g/mol. The van der Waals surface area contributed by atoms with Gasteiger partial charge >= 0.3 is 5.69 Å². The lowest BCUT2D eigenvalue weighted by Crippen LogP contribution is -2.41. The Balaban J connectivity index is 2.91. The molecule has 0 fully saturated rings. The van der Waals surface area contributed by atoms with Crippen molar-refractivity contribution in [2.75, 3.05) is 6.61 Å². The van der Waals surface area contributed by atoms with E-state index in [1.807, 2.05) is 0 Å². The van der Waals surface area contributed by atoms with Crippen molar-refractivity contribution >= 4 is 15.9 Å². The number of ether oxygens (including phenoxy) is 1. The Morgan fingerprint density at radius 1 is 1.33 bits per heavy atom. The molecule has 0 unspecified atom stereocenters. The van der Waals surface area contributed by atoms with Crippen LogP contribution in [-0.4, -0.2) is 15.7 Å². The molecular formula is C12H19BrN2O3. The molecule has 0 aliphatic rings. The highest BCUT2D eigenvalue weighted by molar-refractivity contribution is 9.10. The maximum Gasteiger partial charge on any atom is 0.333 e. The third kappa shape index (κ3) is 3.32. The minimum Gasteiger partial charge on any atom is -0.360 e. The summed E-state index contributed by atoms with van der Waals surface area (Å²) in [4.78, 5) is 23.8. The van der Waals surface area contributed by atoms with Gasteiger partial charge in [-0.15, -0.1) is 0 Å². The van der Waals surface area contributed by atoms with Gasteiger partial charge in [0, 0.05) is 19.2 Å². The van der Waals surface area contributed by atoms with Gasteiger partial charge in [0.15, 0.2) is 0 Å². The smallest absolute Gasteiger partial charge is 0.333 e. The zero-order valence-electron chi connectivity index (χ0n) is 11.2. The summed E-state index contributed by atoms with van der Waals surface area (Å²) >= 11 is 3.22. The fraction of sp³-hybridized carbons (Fsp3) is 0.667. The lowest BCUT2D eigenvalue weighted by atomic mass is 10.1. The van der Waals surface area contributed by atoms with Crippen LogP contribution in [-0.2, 0) is 18.5 Å². The van der Waals surface area contributed by atoms with E-state index in [1.165, 1.54) is 4.57 Å². The molecule has 0 saturated carbocycles. The van der Waals surface area contributed by atoms with E-state index >= 15 is 0 Å². The third-order valence-electron chi connectivity index (χ3n) is 2.75. The van der Waals surface area contributed by atoms with Crippen LogP contribution in [0.3, 0.4) is 0 Å². The third-order valence-corrected chi connectivity index (χ3v) is 3.87. The van der Waals surface area contributed by atoms with E-state index in [0.29, 0.717) is 22.7 Å². The summed E-state index contributed by atoms with van der Waals surface area (Å²) in [6.45, 7) is 6.42. The zero-order chi connectivity index (χ0) is 13.9. The molecule has 0 amide bonds. The van der Waals surface area contributed by atoms with E-state index < -0.39 is 0 Å². The molecule has 1 aromatic heterocycles. The molecule has 102 valence electrons. The molecule has 0 radical (unpaired) electrons. The summed E-state index contributed by atoms with van der Waals surface area (Å²) in [7, 11) is 1.61. The molecule has 6 heteroatoms. The maximum atomic E-state index is 11.9. The first kappa shape index (κ1) is 15.2. The van der Waals surface area contributed by atoms with Crippen LogP contribution in [0.2, 0.25) is 0 Å². The Labute approximate surface area is 115 Å². The Kier molecular flexibility index (Phi) is 5.34. The van der Waals surface area contributed by atoms with E-state index in [-0.39, 0.29) is 18.0 Å². The summed E-state index contributed by atoms with van der Waals surface area (Å²) in [5.41, 5.74) is -0.180. The Bertz CT molecular complexity index is 494. The van der Waals surface area contributed by atoms with E-state index in [2.05, 4.69) is 29.8 Å². The molecule has 0 bridgehead atoms. The maximum absolute atomic E-state index is 11.9. The predicted octanol–water partition coefficient (Wildman–Crippen LogP) is 1.64. The van der Waals surface area contributed by atoms with E-state index in [0.717, 1.165) is 11.0 Å². The quantitative estimate of drug-likeness (QED) is 0.612. The van der Waals surface area contributed by atoms with Crippen LogP contribution in [0.4, 0.5) is 0 Å². The fourth-order valence-corrected chi connectivity index (χ4v) is 1.80. The van der Waals surface area contributed by atoms with Crippen molar-refractivity contribution in [3.63, 3.8) is 0 Å². The molecule has 0 spiro atoms. The molecule has 1 rings (SSSR count). The molecule has 0 N–H and O–H groups in total. The van der Waals surface area contributed by atoms with Crippen molar-refractivity contribution in [3.8, 4) is 0 Å². The highest BCUT2D eigenvalue weighted by atomic mass is 79.9. The second-order valence-electron chi connectivity index (χ2n) is 4.71. The highest BCUT2D eigenvalue weighted by Crippen LogP contribution is 2.07. The first-order valence-corrected chi connectivity index (χ1v) is 6.69. The van der Waals surface area contributed by atoms with Gasteiger partial charge in [0.1, 0.15) is 6.73 Å². The van der Waals surface area contributed by atoms with Gasteiger partial charge in [0.05, 0.1) is 4.60 Å². The van der Waals surface area contributed by atoms with Gasteiger partial charge in [-0.1, -0.05) is 13.8 Å². The number of nitrogens with zero attached hydrogens (tertiary/aromatic N) is 2. The normalized spacial score (nSPS) is 11.2. The van der Waals surface area contributed by atoms with Crippen molar-refractivity contribution in [1.29, 1.82) is 0 Å². The number of hydrogen-bond acceptors (Lipinski definition) is 3. The predicted molar refractivity (Wildman–Crippen MR) is 73.8 cm³/mol. The van der Waals surface area contributed by atoms with E-state index in [1.54, 1.807) is 14.0 Å². The van der Waals surface area contributed by atoms with E-state index in [9.17, 15) is 9.59 Å². The van der Waals surface area contributed by atoms with Gasteiger partial charge in [-0.3, -0.25) is 9.36 Å². The molecule has 5 nitrogen and oxygen atoms in total. The summed E-state index contributed by atoms with van der Waals surface area (Å²) in [5.74, 6) is 0.538. The largest absolute Gasteiger partial charge is 0.360 e. The average Bonchev–Trinajstić information content (AvgIpc) is 2.32. The fourth-order valence-electron chi connectivity index (χ4n) is 1.48. The SMILES string of the molecule is Cc1c(Br)n(C)c(=O)n(COCCC(C)C)c1=O. The van der Waals surface area contributed by atoms with Crippen LogP contribution in [0, 0.1) is 12.8 Å². The molecule has 18 heavy (non-hydrogen) atoms. The molecule has 1 aromatic rings. The first-order chi connectivity index (χ1) is 8.36. The van der Waals surface area contributed by atoms with Crippen LogP contribution in [0.15, 0.2) is 14.2 Å². The summed E-state index contributed by atoms with van der Waals surface area (Å²) < 4.78 is 8.39. The van der Waals surface area contributed by atoms with Crippen LogP contribution >= 0.6 is 15.9 Å². The number of rotatable bonds is 5. The topological polar surface area (TPSA) is 53.2 Å². The molecule has 0 aliphatic heterocycles. The van der Waals surface area contributed by atoms with Crippen molar-refractivity contribution < 1.29 is 4.74 Å². The zero-order valence-corrected chi connectivity index (χ0v) is 12.8. The molecule has 0 aliphatic carbocycles. The van der Waals surface area contributed by atoms with Crippen LogP contribution in [0.25, 0.3) is 0 Å². The molecule has 0 saturated heterocycles. The van der Waals surface area contributed by atoms with Gasteiger partial charge in [-0.2, -0.15) is 0 Å². The van der Waals surface area contributed by atoms with Gasteiger partial charge in [-0.25, -0.2) is 9.36 Å². The average molecular weight is 319 g/mol. The summed E-state index contributed by atoms with van der Waals surface area (Å²) in [6, 6.07) is 0. The Morgan fingerprint density at radius 3 is 2.50 bits per heavy atom. The van der Waals surface area contributed by atoms with Crippen molar-refractivity contribution in [3.05, 3.63) is 31.0 Å². The van der Waals surface area contributed by atoms with Gasteiger partial charge in [-0.05, 0) is 35.2 Å². The van der Waals surface area contributed by atoms with Crippen LogP contribution < -0.4 is 11.2 Å². The molecule has 1 heterocycles. The first-order valence-electron chi connectivity index (χ1n) is 5.90. The lowest BCUT2D eigenvalue weighted by Gasteiger charge is -2.12. The molecule has 0 atom stereocenters. The van der Waals surface area contributed by atoms with Crippen molar-refractivity contribution in [1.82, 2.24) is 9.13 Å². The number of aromatic nitrogens is 2. The standard InChI is InChI=1S/C12H19BrN2O3/c1-8(2)5-6-18-7-15-11(16)9(3)10(13)14(4)12(15)17/h8H,5-7H2,1-4H3. The minimum atomic E-state index is -0.373. The van der Waals surface area contributed by atoms with Crippen molar-refractivity contribution in [2.24, 2.45) is 13.0 Å². The van der Waals surface area contributed by atoms with Crippen molar-refractivity contribution in [2.45, 2.75) is 33.9 Å². The second-order valence-corrected chi connectivity index (χ2v) is 5.46. The highest BCUT2D eigenvalue weighted by Gasteiger charge is 2.11. The van der Waals surface area contributed by atoms with Gasteiger partial charge < -0.3 is 4.74 Å². The van der Waals surface area contributed by atoms with Crippen LogP contribution in [0.5, 0.6) is 0 Å². The second kappa shape index (κ2) is 6.33. The summed E-state index contributed by atoms with van der Waals surface area (Å²) in [6.07, 6.45) is 0.907. The minimum absolute atomic E-state index is 0.00630. The molecule has 0 aromatic carbocycles. The van der Waals surface area contributed by atoms with Gasteiger partial charge in [0.25, 0.3) is 5.56 Å². The number of halogens is 1. The number of hydrogen-bond donors (Lipinski definition) is 0. The Hall–Kier alpha value is -0.880.